The molecule has 0 saturated heterocycles. The molecule has 20 heavy (non-hydrogen) atoms. The summed E-state index contributed by atoms with van der Waals surface area (Å²) in [7, 11) is 0. The zero-order chi connectivity index (χ0) is 15.6. The summed E-state index contributed by atoms with van der Waals surface area (Å²) >= 11 is 0. The van der Waals surface area contributed by atoms with Crippen molar-refractivity contribution in [1.82, 2.24) is 0 Å². The van der Waals surface area contributed by atoms with Gasteiger partial charge in [0.15, 0.2) is 0 Å². The Bertz CT molecular complexity index is 326. The molecule has 0 atom stereocenters. The maximum atomic E-state index is 3.77. The maximum absolute atomic E-state index is 3.77. The van der Waals surface area contributed by atoms with Crippen LogP contribution < -0.4 is 0 Å². The van der Waals surface area contributed by atoms with E-state index in [1.807, 2.05) is 6.08 Å². The van der Waals surface area contributed by atoms with Gasteiger partial charge in [0.25, 0.3) is 0 Å². The fourth-order valence-corrected chi connectivity index (χ4v) is 2.69. The van der Waals surface area contributed by atoms with E-state index in [1.165, 1.54) is 37.7 Å². The van der Waals surface area contributed by atoms with Crippen molar-refractivity contribution in [2.45, 2.75) is 80.1 Å². The van der Waals surface area contributed by atoms with Crippen LogP contribution in [0.5, 0.6) is 0 Å². The summed E-state index contributed by atoms with van der Waals surface area (Å²) in [6.45, 7) is 17.7. The second-order valence-corrected chi connectivity index (χ2v) is 7.46. The molecule has 0 N–H and O–H groups in total. The third kappa shape index (κ3) is 11.1. The van der Waals surface area contributed by atoms with Crippen molar-refractivity contribution in [2.24, 2.45) is 11.3 Å². The van der Waals surface area contributed by atoms with Crippen LogP contribution in [0.2, 0.25) is 0 Å². The Kier molecular flexibility index (Phi) is 9.63. The molecular weight excluding hydrogens is 240 g/mol. The minimum absolute atomic E-state index is 0.372. The normalized spacial score (nSPS) is 13.9. The molecule has 0 spiro atoms. The molecule has 0 aliphatic rings. The second kappa shape index (κ2) is 10.0. The molecule has 0 nitrogen and oxygen atoms in total. The Labute approximate surface area is 128 Å². The highest BCUT2D eigenvalue weighted by Crippen LogP contribution is 2.30. The van der Waals surface area contributed by atoms with Gasteiger partial charge in [0.05, 0.1) is 0 Å². The van der Waals surface area contributed by atoms with Crippen LogP contribution >= 0.6 is 0 Å². The van der Waals surface area contributed by atoms with Crippen LogP contribution in [0.25, 0.3) is 0 Å². The quantitative estimate of drug-likeness (QED) is 0.295. The largest absolute Gasteiger partial charge is 0.103 e. The van der Waals surface area contributed by atoms with E-state index >= 15 is 0 Å². The topological polar surface area (TPSA) is 0 Å². The number of hydrogen-bond acceptors (Lipinski definition) is 0. The lowest BCUT2D eigenvalue weighted by Crippen LogP contribution is -2.10. The Morgan fingerprint density at radius 1 is 1.05 bits per heavy atom. The first-order valence-corrected chi connectivity index (χ1v) is 8.19. The highest BCUT2D eigenvalue weighted by atomic mass is 14.2. The highest BCUT2D eigenvalue weighted by Gasteiger charge is 2.16. The van der Waals surface area contributed by atoms with E-state index in [4.69, 9.17) is 0 Å². The molecule has 0 rings (SSSR count). The molecule has 0 aromatic carbocycles. The predicted molar refractivity (Wildman–Crippen MR) is 94.0 cm³/mol. The van der Waals surface area contributed by atoms with Crippen LogP contribution in [0, 0.1) is 11.3 Å². The van der Waals surface area contributed by atoms with Crippen LogP contribution in [0.3, 0.4) is 0 Å². The van der Waals surface area contributed by atoms with Crippen molar-refractivity contribution in [3.8, 4) is 0 Å². The van der Waals surface area contributed by atoms with Gasteiger partial charge < -0.3 is 0 Å². The van der Waals surface area contributed by atoms with E-state index in [0.717, 1.165) is 12.3 Å². The minimum atomic E-state index is 0.372. The number of allylic oxidation sites excluding steroid dienone is 5. The molecule has 0 saturated carbocycles. The van der Waals surface area contributed by atoms with E-state index in [9.17, 15) is 0 Å². The van der Waals surface area contributed by atoms with Gasteiger partial charge >= 0.3 is 0 Å². The second-order valence-electron chi connectivity index (χ2n) is 7.46. The molecule has 0 unspecified atom stereocenters. The summed E-state index contributed by atoms with van der Waals surface area (Å²) < 4.78 is 0. The van der Waals surface area contributed by atoms with Crippen molar-refractivity contribution in [1.29, 1.82) is 0 Å². The first-order chi connectivity index (χ1) is 9.26. The fraction of sp³-hybridized carbons (Fsp3) is 0.700. The van der Waals surface area contributed by atoms with E-state index < -0.39 is 0 Å². The molecule has 116 valence electrons. The summed E-state index contributed by atoms with van der Waals surface area (Å²) in [5.74, 6) is 0.765. The van der Waals surface area contributed by atoms with E-state index in [1.54, 1.807) is 5.57 Å². The van der Waals surface area contributed by atoms with Gasteiger partial charge in [0.2, 0.25) is 0 Å². The Morgan fingerprint density at radius 3 is 2.25 bits per heavy atom. The molecule has 0 aromatic heterocycles. The van der Waals surface area contributed by atoms with Gasteiger partial charge in [0.1, 0.15) is 0 Å². The van der Waals surface area contributed by atoms with Crippen molar-refractivity contribution < 1.29 is 0 Å². The van der Waals surface area contributed by atoms with Crippen LogP contribution in [0.4, 0.5) is 0 Å². The van der Waals surface area contributed by atoms with E-state index in [0.29, 0.717) is 5.41 Å². The molecular formula is C20H36. The van der Waals surface area contributed by atoms with Crippen molar-refractivity contribution in [3.63, 3.8) is 0 Å². The zero-order valence-electron chi connectivity index (χ0n) is 14.8. The van der Waals surface area contributed by atoms with Crippen LogP contribution in [0.15, 0.2) is 36.0 Å². The monoisotopic (exact) mass is 276 g/mol. The van der Waals surface area contributed by atoms with Crippen molar-refractivity contribution >= 4 is 0 Å². The standard InChI is InChI=1S/C20H36/c1-8-9-10-11-12-19(5)16-20(6,7)14-13-18(4)15-17(2)3/h8,12-13,17H,1,9-11,14-16H2,2-7H3/b18-13+,19-12+. The van der Waals surface area contributed by atoms with Crippen LogP contribution in [-0.4, -0.2) is 0 Å². The molecule has 0 fully saturated rings. The summed E-state index contributed by atoms with van der Waals surface area (Å²) in [5.41, 5.74) is 3.45. The first-order valence-electron chi connectivity index (χ1n) is 8.19. The lowest BCUT2D eigenvalue weighted by atomic mass is 9.81. The summed E-state index contributed by atoms with van der Waals surface area (Å²) in [6, 6.07) is 0. The van der Waals surface area contributed by atoms with Crippen molar-refractivity contribution in [2.75, 3.05) is 0 Å². The zero-order valence-corrected chi connectivity index (χ0v) is 14.8. The van der Waals surface area contributed by atoms with Gasteiger partial charge in [-0.1, -0.05) is 57.1 Å². The summed E-state index contributed by atoms with van der Waals surface area (Å²) in [4.78, 5) is 0. The average Bonchev–Trinajstić information content (AvgIpc) is 2.31. The maximum Gasteiger partial charge on any atom is -0.0268 e. The Morgan fingerprint density at radius 2 is 1.70 bits per heavy atom. The SMILES string of the molecule is C=CCCC/C=C(\C)CC(C)(C)C/C=C(\C)CC(C)C. The number of unbranched alkanes of at least 4 members (excludes halogenated alkanes) is 2. The van der Waals surface area contributed by atoms with Gasteiger partial charge in [-0.3, -0.25) is 0 Å². The van der Waals surface area contributed by atoms with Crippen LogP contribution in [-0.2, 0) is 0 Å². The van der Waals surface area contributed by atoms with Crippen LogP contribution in [0.1, 0.15) is 80.1 Å². The lowest BCUT2D eigenvalue weighted by molar-refractivity contribution is 0.365. The number of rotatable bonds is 10. The molecule has 0 bridgehead atoms. The summed E-state index contributed by atoms with van der Waals surface area (Å²) in [5, 5.41) is 0. The predicted octanol–water partition coefficient (Wildman–Crippen LogP) is 7.09. The minimum Gasteiger partial charge on any atom is -0.103 e. The summed E-state index contributed by atoms with van der Waals surface area (Å²) in [6.07, 6.45) is 14.0. The smallest absolute Gasteiger partial charge is 0.0268 e. The first kappa shape index (κ1) is 19.2. The van der Waals surface area contributed by atoms with E-state index in [-0.39, 0.29) is 0 Å². The van der Waals surface area contributed by atoms with Gasteiger partial charge in [-0.05, 0) is 63.7 Å². The molecule has 0 heteroatoms. The average molecular weight is 277 g/mol. The number of hydrogen-bond donors (Lipinski definition) is 0. The van der Waals surface area contributed by atoms with Gasteiger partial charge in [-0.15, -0.1) is 6.58 Å². The molecule has 0 aliphatic carbocycles. The van der Waals surface area contributed by atoms with Gasteiger partial charge in [-0.2, -0.15) is 0 Å². The Hall–Kier alpha value is -0.780. The molecule has 0 heterocycles. The molecule has 0 amide bonds. The third-order valence-corrected chi connectivity index (χ3v) is 3.60. The molecule has 0 aliphatic heterocycles. The van der Waals surface area contributed by atoms with Gasteiger partial charge in [0, 0.05) is 0 Å². The van der Waals surface area contributed by atoms with Crippen molar-refractivity contribution in [3.05, 3.63) is 36.0 Å². The molecule has 0 aromatic rings. The third-order valence-electron chi connectivity index (χ3n) is 3.60. The highest BCUT2D eigenvalue weighted by molar-refractivity contribution is 5.05. The Balaban J connectivity index is 4.25. The lowest BCUT2D eigenvalue weighted by Gasteiger charge is -2.24. The fourth-order valence-electron chi connectivity index (χ4n) is 2.69. The van der Waals surface area contributed by atoms with Gasteiger partial charge in [-0.25, -0.2) is 0 Å². The molecule has 0 radical (unpaired) electrons. The van der Waals surface area contributed by atoms with E-state index in [2.05, 4.69) is 60.3 Å².